The van der Waals surface area contributed by atoms with Gasteiger partial charge in [-0.3, -0.25) is 9.59 Å². The van der Waals surface area contributed by atoms with Crippen molar-refractivity contribution in [1.29, 1.82) is 0 Å². The molecule has 6 nitrogen and oxygen atoms in total. The van der Waals surface area contributed by atoms with Crippen LogP contribution in [-0.2, 0) is 23.4 Å². The standard InChI is InChI=1S/C23H34N4O2S2/c1-16-7-12-27(13-8-16)11-4-10-24-20(28)9-14-30-15-19-25-22(29)21-17-5-2-3-6-18(17)31-23(21)26-19/h16H,2-15H2,1H3,(H,24,28)(H,25,26,29). The lowest BCUT2D eigenvalue weighted by atomic mass is 9.97. The van der Waals surface area contributed by atoms with E-state index in [1.165, 1.54) is 42.8 Å². The maximum atomic E-state index is 12.6. The number of likely N-dealkylation sites (tertiary alicyclic amines) is 1. The van der Waals surface area contributed by atoms with Crippen molar-refractivity contribution in [2.45, 2.75) is 64.0 Å². The Bertz CT molecular complexity index is 947. The van der Waals surface area contributed by atoms with Gasteiger partial charge < -0.3 is 15.2 Å². The second kappa shape index (κ2) is 11.0. The molecule has 4 rings (SSSR count). The van der Waals surface area contributed by atoms with E-state index >= 15 is 0 Å². The summed E-state index contributed by atoms with van der Waals surface area (Å²) in [5.41, 5.74) is 1.23. The number of hydrogen-bond donors (Lipinski definition) is 2. The van der Waals surface area contributed by atoms with Gasteiger partial charge in [0.05, 0.1) is 11.1 Å². The first-order chi connectivity index (χ1) is 15.1. The highest BCUT2D eigenvalue weighted by Gasteiger charge is 2.19. The summed E-state index contributed by atoms with van der Waals surface area (Å²) in [5, 5.41) is 3.85. The van der Waals surface area contributed by atoms with Crippen LogP contribution < -0.4 is 10.9 Å². The maximum Gasteiger partial charge on any atom is 0.259 e. The SMILES string of the molecule is CC1CCN(CCCNC(=O)CCSCc2nc3sc4c(c3c(=O)[nH]2)CCCC4)CC1. The molecule has 2 aromatic rings. The number of H-pyrrole nitrogens is 1. The van der Waals surface area contributed by atoms with E-state index < -0.39 is 0 Å². The fourth-order valence-corrected chi connectivity index (χ4v) is 6.60. The number of hydrogen-bond acceptors (Lipinski definition) is 6. The third-order valence-electron chi connectivity index (χ3n) is 6.44. The third-order valence-corrected chi connectivity index (χ3v) is 8.59. The number of aromatic nitrogens is 2. The van der Waals surface area contributed by atoms with Gasteiger partial charge in [-0.2, -0.15) is 11.8 Å². The Morgan fingerprint density at radius 1 is 1.29 bits per heavy atom. The van der Waals surface area contributed by atoms with Crippen LogP contribution in [0.3, 0.4) is 0 Å². The molecule has 1 saturated heterocycles. The van der Waals surface area contributed by atoms with Crippen molar-refractivity contribution in [3.05, 3.63) is 26.6 Å². The lowest BCUT2D eigenvalue weighted by molar-refractivity contribution is -0.120. The number of rotatable bonds is 9. The molecule has 0 atom stereocenters. The molecule has 0 radical (unpaired) electrons. The predicted molar refractivity (Wildman–Crippen MR) is 130 cm³/mol. The maximum absolute atomic E-state index is 12.6. The zero-order valence-electron chi connectivity index (χ0n) is 18.5. The molecule has 0 bridgehead atoms. The number of aromatic amines is 1. The van der Waals surface area contributed by atoms with Gasteiger partial charge in [0.25, 0.3) is 5.56 Å². The van der Waals surface area contributed by atoms with E-state index in [1.807, 2.05) is 0 Å². The smallest absolute Gasteiger partial charge is 0.259 e. The fourth-order valence-electron chi connectivity index (χ4n) is 4.52. The van der Waals surface area contributed by atoms with Gasteiger partial charge in [0, 0.05) is 23.6 Å². The van der Waals surface area contributed by atoms with Gasteiger partial charge in [-0.25, -0.2) is 4.98 Å². The number of carbonyl (C=O) groups is 1. The Morgan fingerprint density at radius 3 is 2.94 bits per heavy atom. The highest BCUT2D eigenvalue weighted by molar-refractivity contribution is 7.98. The first-order valence-electron chi connectivity index (χ1n) is 11.7. The van der Waals surface area contributed by atoms with E-state index in [1.54, 1.807) is 23.1 Å². The van der Waals surface area contributed by atoms with Crippen LogP contribution in [0.5, 0.6) is 0 Å². The Morgan fingerprint density at radius 2 is 2.10 bits per heavy atom. The van der Waals surface area contributed by atoms with Crippen LogP contribution in [0.1, 0.15) is 61.7 Å². The Kier molecular flexibility index (Phi) is 8.07. The van der Waals surface area contributed by atoms with Crippen LogP contribution in [0.2, 0.25) is 0 Å². The normalized spacial score (nSPS) is 17.7. The molecule has 2 aliphatic rings. The molecule has 31 heavy (non-hydrogen) atoms. The number of thioether (sulfide) groups is 1. The van der Waals surface area contributed by atoms with E-state index in [0.717, 1.165) is 66.5 Å². The van der Waals surface area contributed by atoms with Gasteiger partial charge in [0.15, 0.2) is 0 Å². The fraction of sp³-hybridized carbons (Fsp3) is 0.696. The minimum Gasteiger partial charge on any atom is -0.356 e. The number of fused-ring (bicyclic) bond motifs is 3. The molecular weight excluding hydrogens is 428 g/mol. The van der Waals surface area contributed by atoms with Crippen molar-refractivity contribution in [2.24, 2.45) is 5.92 Å². The van der Waals surface area contributed by atoms with E-state index in [-0.39, 0.29) is 11.5 Å². The van der Waals surface area contributed by atoms with Crippen molar-refractivity contribution >= 4 is 39.2 Å². The summed E-state index contributed by atoms with van der Waals surface area (Å²) in [7, 11) is 0. The summed E-state index contributed by atoms with van der Waals surface area (Å²) in [4.78, 5) is 37.1. The monoisotopic (exact) mass is 462 g/mol. The highest BCUT2D eigenvalue weighted by atomic mass is 32.2. The highest BCUT2D eigenvalue weighted by Crippen LogP contribution is 2.33. The number of piperidine rings is 1. The van der Waals surface area contributed by atoms with E-state index in [0.29, 0.717) is 12.2 Å². The minimum absolute atomic E-state index is 0.000839. The molecule has 1 aliphatic carbocycles. The Balaban J connectivity index is 1.15. The summed E-state index contributed by atoms with van der Waals surface area (Å²) >= 11 is 3.34. The van der Waals surface area contributed by atoms with Crippen LogP contribution in [0.15, 0.2) is 4.79 Å². The van der Waals surface area contributed by atoms with Crippen LogP contribution in [0, 0.1) is 5.92 Å². The van der Waals surface area contributed by atoms with Crippen molar-refractivity contribution in [3.8, 4) is 0 Å². The summed E-state index contributed by atoms with van der Waals surface area (Å²) in [6, 6.07) is 0. The third kappa shape index (κ3) is 6.11. The summed E-state index contributed by atoms with van der Waals surface area (Å²) < 4.78 is 0. The number of thiophene rings is 1. The number of amides is 1. The van der Waals surface area contributed by atoms with Crippen molar-refractivity contribution in [1.82, 2.24) is 20.2 Å². The molecule has 2 N–H and O–H groups in total. The molecule has 1 fully saturated rings. The number of carbonyl (C=O) groups excluding carboxylic acids is 1. The average Bonchev–Trinajstić information content (AvgIpc) is 3.14. The first-order valence-corrected chi connectivity index (χ1v) is 13.7. The van der Waals surface area contributed by atoms with Crippen LogP contribution in [-0.4, -0.2) is 52.7 Å². The molecule has 170 valence electrons. The van der Waals surface area contributed by atoms with Gasteiger partial charge in [-0.1, -0.05) is 6.92 Å². The number of aryl methyl sites for hydroxylation is 2. The topological polar surface area (TPSA) is 78.1 Å². The van der Waals surface area contributed by atoms with Crippen LogP contribution in [0.25, 0.3) is 10.2 Å². The molecule has 0 unspecified atom stereocenters. The predicted octanol–water partition coefficient (Wildman–Crippen LogP) is 3.72. The second-order valence-corrected chi connectivity index (χ2v) is 11.1. The van der Waals surface area contributed by atoms with Gasteiger partial charge in [0.1, 0.15) is 10.7 Å². The quantitative estimate of drug-likeness (QED) is 0.555. The molecular formula is C23H34N4O2S2. The molecule has 1 aliphatic heterocycles. The summed E-state index contributed by atoms with van der Waals surface area (Å²) in [6.07, 6.45) is 8.56. The van der Waals surface area contributed by atoms with Gasteiger partial charge in [0.2, 0.25) is 5.91 Å². The van der Waals surface area contributed by atoms with Crippen molar-refractivity contribution in [2.75, 3.05) is 31.9 Å². The lowest BCUT2D eigenvalue weighted by Gasteiger charge is -2.30. The van der Waals surface area contributed by atoms with E-state index in [2.05, 4.69) is 22.1 Å². The van der Waals surface area contributed by atoms with Crippen molar-refractivity contribution in [3.63, 3.8) is 0 Å². The molecule has 1 amide bonds. The largest absolute Gasteiger partial charge is 0.356 e. The molecule has 0 saturated carbocycles. The minimum atomic E-state index is 0.000839. The second-order valence-electron chi connectivity index (χ2n) is 8.93. The van der Waals surface area contributed by atoms with E-state index in [4.69, 9.17) is 4.98 Å². The molecule has 2 aromatic heterocycles. The summed E-state index contributed by atoms with van der Waals surface area (Å²) in [6.45, 7) is 6.56. The zero-order chi connectivity index (χ0) is 21.6. The van der Waals surface area contributed by atoms with Gasteiger partial charge in [-0.15, -0.1) is 11.3 Å². The summed E-state index contributed by atoms with van der Waals surface area (Å²) in [5.74, 6) is 3.06. The number of nitrogens with one attached hydrogen (secondary N) is 2. The first kappa shape index (κ1) is 22.8. The molecule has 0 spiro atoms. The van der Waals surface area contributed by atoms with Crippen molar-refractivity contribution < 1.29 is 4.79 Å². The lowest BCUT2D eigenvalue weighted by Crippen LogP contribution is -2.35. The molecule has 3 heterocycles. The number of nitrogens with zero attached hydrogens (tertiary/aromatic N) is 2. The zero-order valence-corrected chi connectivity index (χ0v) is 20.1. The van der Waals surface area contributed by atoms with Crippen LogP contribution >= 0.6 is 23.1 Å². The Labute approximate surface area is 192 Å². The van der Waals surface area contributed by atoms with Crippen LogP contribution in [0.4, 0.5) is 0 Å². The van der Waals surface area contributed by atoms with Gasteiger partial charge >= 0.3 is 0 Å². The Hall–Kier alpha value is -1.38. The van der Waals surface area contributed by atoms with E-state index in [9.17, 15) is 9.59 Å². The molecule has 8 heteroatoms. The molecule has 0 aromatic carbocycles. The van der Waals surface area contributed by atoms with Gasteiger partial charge in [-0.05, 0) is 76.1 Å². The average molecular weight is 463 g/mol.